The maximum absolute atomic E-state index is 10.0. The molecule has 0 fully saturated rings. The van der Waals surface area contributed by atoms with Gasteiger partial charge in [-0.05, 0) is 46.5 Å². The van der Waals surface area contributed by atoms with Crippen molar-refractivity contribution in [1.82, 2.24) is 0 Å². The minimum atomic E-state index is -0.00850. The van der Waals surface area contributed by atoms with E-state index in [0.29, 0.717) is 33.8 Å². The summed E-state index contributed by atoms with van der Waals surface area (Å²) in [7, 11) is 5.97. The number of hydrogen-bond donors (Lipinski definition) is 2. The molecule has 0 saturated carbocycles. The Kier molecular flexibility index (Phi) is 6.64. The fourth-order valence-corrected chi connectivity index (χ4v) is 3.56. The highest BCUT2D eigenvalue weighted by Crippen LogP contribution is 2.44. The average Bonchev–Trinajstić information content (AvgIpc) is 2.82. The second-order valence-electron chi connectivity index (χ2n) is 6.93. The first-order chi connectivity index (χ1) is 15.4. The van der Waals surface area contributed by atoms with Gasteiger partial charge in [0.15, 0.2) is 23.0 Å². The van der Waals surface area contributed by atoms with Crippen LogP contribution in [0.15, 0.2) is 61.7 Å². The van der Waals surface area contributed by atoms with Crippen LogP contribution in [0, 0.1) is 0 Å². The Balaban J connectivity index is 1.96. The molecular weight excluding hydrogens is 408 g/mol. The van der Waals surface area contributed by atoms with Crippen LogP contribution in [0.3, 0.4) is 0 Å². The standard InChI is InChI=1S/C26H26O6/c1-15(19-11-13-21(27)25(31-5)23(19)29-3)17-7-9-18(10-8-17)16(2)20-12-14-22(28)26(32-6)24(20)30-4/h7-14,27-28H,1-2H2,3-6H3. The zero-order valence-electron chi connectivity index (χ0n) is 18.6. The second kappa shape index (κ2) is 9.39. The van der Waals surface area contributed by atoms with Crippen LogP contribution in [0.4, 0.5) is 0 Å². The Morgan fingerprint density at radius 2 is 0.844 bits per heavy atom. The molecule has 0 heterocycles. The van der Waals surface area contributed by atoms with Gasteiger partial charge in [0.25, 0.3) is 0 Å². The van der Waals surface area contributed by atoms with Crippen LogP contribution in [-0.2, 0) is 0 Å². The van der Waals surface area contributed by atoms with Crippen molar-refractivity contribution in [1.29, 1.82) is 0 Å². The summed E-state index contributed by atoms with van der Waals surface area (Å²) in [4.78, 5) is 0. The molecule has 0 aliphatic carbocycles. The highest BCUT2D eigenvalue weighted by Gasteiger charge is 2.19. The number of phenolic OH excluding ortho intramolecular Hbond substituents is 2. The molecule has 3 rings (SSSR count). The van der Waals surface area contributed by atoms with Gasteiger partial charge in [0, 0.05) is 11.1 Å². The maximum atomic E-state index is 10.0. The van der Waals surface area contributed by atoms with Crippen LogP contribution in [-0.4, -0.2) is 38.7 Å². The van der Waals surface area contributed by atoms with Crippen molar-refractivity contribution in [3.05, 3.63) is 83.9 Å². The fraction of sp³-hybridized carbons (Fsp3) is 0.154. The number of ether oxygens (including phenoxy) is 4. The number of benzene rings is 3. The third kappa shape index (κ3) is 3.95. The number of aromatic hydroxyl groups is 2. The Morgan fingerprint density at radius 3 is 1.12 bits per heavy atom. The number of hydrogen-bond acceptors (Lipinski definition) is 6. The maximum Gasteiger partial charge on any atom is 0.203 e. The summed E-state index contributed by atoms with van der Waals surface area (Å²) in [6.07, 6.45) is 0. The normalized spacial score (nSPS) is 10.4. The van der Waals surface area contributed by atoms with E-state index in [0.717, 1.165) is 11.1 Å². The molecule has 0 aromatic heterocycles. The number of methoxy groups -OCH3 is 4. The van der Waals surface area contributed by atoms with Crippen molar-refractivity contribution in [2.75, 3.05) is 28.4 Å². The molecule has 2 N–H and O–H groups in total. The molecule has 6 heteroatoms. The second-order valence-corrected chi connectivity index (χ2v) is 6.93. The minimum absolute atomic E-state index is 0.00850. The molecule has 0 atom stereocenters. The summed E-state index contributed by atoms with van der Waals surface area (Å²) in [6.45, 7) is 8.39. The molecular formula is C26H26O6. The smallest absolute Gasteiger partial charge is 0.203 e. The van der Waals surface area contributed by atoms with E-state index in [-0.39, 0.29) is 23.0 Å². The first-order valence-corrected chi connectivity index (χ1v) is 9.75. The van der Waals surface area contributed by atoms with Crippen LogP contribution in [0.2, 0.25) is 0 Å². The van der Waals surface area contributed by atoms with Crippen molar-refractivity contribution >= 4 is 11.1 Å². The molecule has 32 heavy (non-hydrogen) atoms. The lowest BCUT2D eigenvalue weighted by Crippen LogP contribution is -1.98. The summed E-state index contributed by atoms with van der Waals surface area (Å²) in [6, 6.07) is 14.2. The monoisotopic (exact) mass is 434 g/mol. The summed E-state index contributed by atoms with van der Waals surface area (Å²) in [5, 5.41) is 20.0. The van der Waals surface area contributed by atoms with Gasteiger partial charge in [-0.25, -0.2) is 0 Å². The molecule has 0 aliphatic heterocycles. The highest BCUT2D eigenvalue weighted by molar-refractivity contribution is 5.86. The zero-order chi connectivity index (χ0) is 23.4. The molecule has 0 bridgehead atoms. The van der Waals surface area contributed by atoms with Crippen molar-refractivity contribution < 1.29 is 29.2 Å². The van der Waals surface area contributed by atoms with Crippen LogP contribution in [0.1, 0.15) is 22.3 Å². The first kappa shape index (κ1) is 22.6. The van der Waals surface area contributed by atoms with Crippen LogP contribution >= 0.6 is 0 Å². The van der Waals surface area contributed by atoms with Crippen LogP contribution < -0.4 is 18.9 Å². The van der Waals surface area contributed by atoms with E-state index in [9.17, 15) is 10.2 Å². The third-order valence-electron chi connectivity index (χ3n) is 5.23. The van der Waals surface area contributed by atoms with E-state index < -0.39 is 0 Å². The van der Waals surface area contributed by atoms with E-state index in [4.69, 9.17) is 18.9 Å². The van der Waals surface area contributed by atoms with Gasteiger partial charge in [0.1, 0.15) is 0 Å². The van der Waals surface area contributed by atoms with E-state index in [1.807, 2.05) is 24.3 Å². The van der Waals surface area contributed by atoms with Gasteiger partial charge in [-0.1, -0.05) is 37.4 Å². The first-order valence-electron chi connectivity index (χ1n) is 9.75. The van der Waals surface area contributed by atoms with Gasteiger partial charge < -0.3 is 29.2 Å². The Hall–Kier alpha value is -4.06. The number of rotatable bonds is 8. The summed E-state index contributed by atoms with van der Waals surface area (Å²) in [5.41, 5.74) is 4.56. The van der Waals surface area contributed by atoms with Gasteiger partial charge in [-0.2, -0.15) is 0 Å². The molecule has 0 saturated heterocycles. The Bertz CT molecular complexity index is 1070. The van der Waals surface area contributed by atoms with Crippen molar-refractivity contribution in [3.63, 3.8) is 0 Å². The predicted octanol–water partition coefficient (Wildman–Crippen LogP) is 5.26. The lowest BCUT2D eigenvalue weighted by atomic mass is 9.93. The van der Waals surface area contributed by atoms with E-state index in [2.05, 4.69) is 13.2 Å². The van der Waals surface area contributed by atoms with E-state index >= 15 is 0 Å². The van der Waals surface area contributed by atoms with Gasteiger partial charge in [-0.3, -0.25) is 0 Å². The van der Waals surface area contributed by atoms with E-state index in [1.165, 1.54) is 28.4 Å². The molecule has 3 aromatic rings. The quantitative estimate of drug-likeness (QED) is 0.504. The predicted molar refractivity (Wildman–Crippen MR) is 125 cm³/mol. The van der Waals surface area contributed by atoms with E-state index in [1.54, 1.807) is 24.3 Å². The van der Waals surface area contributed by atoms with Crippen molar-refractivity contribution in [2.24, 2.45) is 0 Å². The van der Waals surface area contributed by atoms with Crippen LogP contribution in [0.5, 0.6) is 34.5 Å². The van der Waals surface area contributed by atoms with Gasteiger partial charge in [-0.15, -0.1) is 0 Å². The molecule has 6 nitrogen and oxygen atoms in total. The fourth-order valence-electron chi connectivity index (χ4n) is 3.56. The SMILES string of the molecule is C=C(c1ccc(C(=C)c2ccc(O)c(OC)c2OC)cc1)c1ccc(O)c(OC)c1OC. The van der Waals surface area contributed by atoms with Gasteiger partial charge >= 0.3 is 0 Å². The minimum Gasteiger partial charge on any atom is -0.504 e. The van der Waals surface area contributed by atoms with Crippen LogP contribution in [0.25, 0.3) is 11.1 Å². The lowest BCUT2D eigenvalue weighted by Gasteiger charge is -2.17. The van der Waals surface area contributed by atoms with Gasteiger partial charge in [0.2, 0.25) is 11.5 Å². The molecule has 0 radical (unpaired) electrons. The molecule has 0 amide bonds. The summed E-state index contributed by atoms with van der Waals surface area (Å²) < 4.78 is 21.5. The third-order valence-corrected chi connectivity index (χ3v) is 5.23. The van der Waals surface area contributed by atoms with Gasteiger partial charge in [0.05, 0.1) is 28.4 Å². The molecule has 166 valence electrons. The van der Waals surface area contributed by atoms with Crippen molar-refractivity contribution in [3.8, 4) is 34.5 Å². The Morgan fingerprint density at radius 1 is 0.531 bits per heavy atom. The molecule has 3 aromatic carbocycles. The zero-order valence-corrected chi connectivity index (χ0v) is 18.6. The largest absolute Gasteiger partial charge is 0.504 e. The topological polar surface area (TPSA) is 77.4 Å². The molecule has 0 spiro atoms. The number of phenols is 2. The highest BCUT2D eigenvalue weighted by atomic mass is 16.5. The molecule has 0 aliphatic rings. The molecule has 0 unspecified atom stereocenters. The summed E-state index contributed by atoms with van der Waals surface area (Å²) in [5.74, 6) is 1.31. The Labute approximate surface area is 187 Å². The average molecular weight is 434 g/mol. The lowest BCUT2D eigenvalue weighted by molar-refractivity contribution is 0.332. The van der Waals surface area contributed by atoms with Crippen molar-refractivity contribution in [2.45, 2.75) is 0 Å². The summed E-state index contributed by atoms with van der Waals surface area (Å²) >= 11 is 0.